The Bertz CT molecular complexity index is 202. The Labute approximate surface area is 85.0 Å². The van der Waals surface area contributed by atoms with E-state index in [-0.39, 0.29) is 5.91 Å². The lowest BCUT2D eigenvalue weighted by atomic mass is 9.99. The lowest BCUT2D eigenvalue weighted by Crippen LogP contribution is -2.50. The van der Waals surface area contributed by atoms with E-state index < -0.39 is 0 Å². The van der Waals surface area contributed by atoms with Crippen molar-refractivity contribution in [1.29, 1.82) is 0 Å². The zero-order valence-corrected chi connectivity index (χ0v) is 8.59. The van der Waals surface area contributed by atoms with E-state index >= 15 is 0 Å². The Kier molecular flexibility index (Phi) is 3.37. The molecule has 2 heterocycles. The topological polar surface area (TPSA) is 44.4 Å². The molecule has 0 aromatic carbocycles. The van der Waals surface area contributed by atoms with Gasteiger partial charge in [-0.15, -0.1) is 0 Å². The Balaban J connectivity index is 1.75. The fourth-order valence-electron chi connectivity index (χ4n) is 2.29. The molecule has 2 N–H and O–H groups in total. The summed E-state index contributed by atoms with van der Waals surface area (Å²) in [6.07, 6.45) is 2.59. The molecular formula is C10H19N3O. The molecule has 2 saturated heterocycles. The van der Waals surface area contributed by atoms with Gasteiger partial charge >= 0.3 is 0 Å². The number of piperazine rings is 1. The summed E-state index contributed by atoms with van der Waals surface area (Å²) in [5, 5.41) is 6.26. The van der Waals surface area contributed by atoms with Crippen LogP contribution >= 0.6 is 0 Å². The van der Waals surface area contributed by atoms with Crippen LogP contribution in [-0.2, 0) is 4.79 Å². The Morgan fingerprint density at radius 2 is 2.36 bits per heavy atom. The average Bonchev–Trinajstić information content (AvgIpc) is 2.19. The first-order valence-corrected chi connectivity index (χ1v) is 5.54. The third kappa shape index (κ3) is 2.69. The van der Waals surface area contributed by atoms with Crippen LogP contribution in [0.2, 0.25) is 0 Å². The average molecular weight is 197 g/mol. The van der Waals surface area contributed by atoms with Gasteiger partial charge in [0.05, 0.1) is 6.54 Å². The van der Waals surface area contributed by atoms with Crippen molar-refractivity contribution in [1.82, 2.24) is 15.5 Å². The van der Waals surface area contributed by atoms with Crippen molar-refractivity contribution in [2.75, 3.05) is 39.3 Å². The van der Waals surface area contributed by atoms with Crippen molar-refractivity contribution < 1.29 is 4.79 Å². The number of hydrogen-bond donors (Lipinski definition) is 2. The van der Waals surface area contributed by atoms with Gasteiger partial charge in [0.15, 0.2) is 0 Å². The molecular weight excluding hydrogens is 178 g/mol. The van der Waals surface area contributed by atoms with E-state index in [0.717, 1.165) is 38.6 Å². The molecule has 0 radical (unpaired) electrons. The first kappa shape index (κ1) is 9.93. The molecule has 0 unspecified atom stereocenters. The van der Waals surface area contributed by atoms with Crippen molar-refractivity contribution in [3.63, 3.8) is 0 Å². The third-order valence-corrected chi connectivity index (χ3v) is 3.03. The zero-order valence-electron chi connectivity index (χ0n) is 8.59. The Morgan fingerprint density at radius 1 is 1.43 bits per heavy atom. The number of amides is 1. The molecule has 0 aromatic heterocycles. The van der Waals surface area contributed by atoms with Gasteiger partial charge in [-0.3, -0.25) is 9.69 Å². The number of carbonyl (C=O) groups is 1. The summed E-state index contributed by atoms with van der Waals surface area (Å²) in [6, 6.07) is 0. The number of piperidine rings is 1. The molecule has 2 aliphatic rings. The summed E-state index contributed by atoms with van der Waals surface area (Å²) in [5.74, 6) is 0.926. The second-order valence-electron chi connectivity index (χ2n) is 4.30. The fraction of sp³-hybridized carbons (Fsp3) is 0.900. The van der Waals surface area contributed by atoms with Crippen LogP contribution in [0.4, 0.5) is 0 Å². The van der Waals surface area contributed by atoms with Crippen LogP contribution in [0, 0.1) is 5.92 Å². The molecule has 0 aliphatic carbocycles. The zero-order chi connectivity index (χ0) is 9.80. The molecule has 0 saturated carbocycles. The number of hydrogen-bond acceptors (Lipinski definition) is 3. The Hall–Kier alpha value is -0.610. The maximum Gasteiger partial charge on any atom is 0.234 e. The SMILES string of the molecule is O=C1CN(C[C@H]2CCCNC2)CCN1. The lowest BCUT2D eigenvalue weighted by Gasteiger charge is -2.32. The number of carbonyl (C=O) groups excluding carboxylic acids is 1. The normalized spacial score (nSPS) is 30.0. The minimum atomic E-state index is 0.181. The molecule has 1 amide bonds. The quantitative estimate of drug-likeness (QED) is 0.622. The third-order valence-electron chi connectivity index (χ3n) is 3.03. The van der Waals surface area contributed by atoms with Gasteiger partial charge < -0.3 is 10.6 Å². The van der Waals surface area contributed by atoms with Crippen molar-refractivity contribution in [2.24, 2.45) is 5.92 Å². The van der Waals surface area contributed by atoms with E-state index in [1.165, 1.54) is 12.8 Å². The van der Waals surface area contributed by atoms with Crippen LogP contribution in [0.5, 0.6) is 0 Å². The van der Waals surface area contributed by atoms with Crippen molar-refractivity contribution >= 4 is 5.91 Å². The van der Waals surface area contributed by atoms with Crippen LogP contribution in [0.1, 0.15) is 12.8 Å². The van der Waals surface area contributed by atoms with Gasteiger partial charge in [0.1, 0.15) is 0 Å². The van der Waals surface area contributed by atoms with E-state index in [1.807, 2.05) is 0 Å². The highest BCUT2D eigenvalue weighted by Gasteiger charge is 2.20. The number of rotatable bonds is 2. The Morgan fingerprint density at radius 3 is 3.07 bits per heavy atom. The van der Waals surface area contributed by atoms with E-state index in [4.69, 9.17) is 0 Å². The second kappa shape index (κ2) is 4.75. The fourth-order valence-corrected chi connectivity index (χ4v) is 2.29. The van der Waals surface area contributed by atoms with Gasteiger partial charge in [0.25, 0.3) is 0 Å². The summed E-state index contributed by atoms with van der Waals surface area (Å²) in [4.78, 5) is 13.4. The molecule has 1 atom stereocenters. The minimum Gasteiger partial charge on any atom is -0.354 e. The maximum absolute atomic E-state index is 11.1. The van der Waals surface area contributed by atoms with Gasteiger partial charge in [-0.1, -0.05) is 0 Å². The van der Waals surface area contributed by atoms with Crippen LogP contribution in [0.25, 0.3) is 0 Å². The second-order valence-corrected chi connectivity index (χ2v) is 4.30. The van der Waals surface area contributed by atoms with E-state index in [2.05, 4.69) is 15.5 Å². The molecule has 2 rings (SSSR count). The first-order chi connectivity index (χ1) is 6.84. The molecule has 0 bridgehead atoms. The van der Waals surface area contributed by atoms with Crippen LogP contribution in [0.15, 0.2) is 0 Å². The number of nitrogens with zero attached hydrogens (tertiary/aromatic N) is 1. The summed E-state index contributed by atoms with van der Waals surface area (Å²) >= 11 is 0. The van der Waals surface area contributed by atoms with Gasteiger partial charge in [0, 0.05) is 19.6 Å². The highest BCUT2D eigenvalue weighted by Crippen LogP contribution is 2.11. The van der Waals surface area contributed by atoms with Crippen molar-refractivity contribution in [3.05, 3.63) is 0 Å². The predicted molar refractivity (Wildman–Crippen MR) is 55.0 cm³/mol. The first-order valence-electron chi connectivity index (χ1n) is 5.54. The van der Waals surface area contributed by atoms with Gasteiger partial charge in [0.2, 0.25) is 5.91 Å². The standard InChI is InChI=1S/C10H19N3O/c14-10-8-13(5-4-12-10)7-9-2-1-3-11-6-9/h9,11H,1-8H2,(H,12,14)/t9-/m0/s1. The van der Waals surface area contributed by atoms with Crippen LogP contribution in [0.3, 0.4) is 0 Å². The molecule has 4 heteroatoms. The monoisotopic (exact) mass is 197 g/mol. The highest BCUT2D eigenvalue weighted by molar-refractivity contribution is 5.78. The molecule has 0 spiro atoms. The lowest BCUT2D eigenvalue weighted by molar-refractivity contribution is -0.124. The van der Waals surface area contributed by atoms with Gasteiger partial charge in [-0.2, -0.15) is 0 Å². The predicted octanol–water partition coefficient (Wildman–Crippen LogP) is -0.582. The molecule has 14 heavy (non-hydrogen) atoms. The number of nitrogens with one attached hydrogen (secondary N) is 2. The van der Waals surface area contributed by atoms with Crippen LogP contribution in [-0.4, -0.2) is 50.1 Å². The summed E-state index contributed by atoms with van der Waals surface area (Å²) in [6.45, 7) is 5.80. The molecule has 2 aliphatic heterocycles. The van der Waals surface area contributed by atoms with E-state index in [9.17, 15) is 4.79 Å². The smallest absolute Gasteiger partial charge is 0.234 e. The molecule has 4 nitrogen and oxygen atoms in total. The van der Waals surface area contributed by atoms with Crippen LogP contribution < -0.4 is 10.6 Å². The van der Waals surface area contributed by atoms with Gasteiger partial charge in [-0.05, 0) is 31.8 Å². The van der Waals surface area contributed by atoms with Gasteiger partial charge in [-0.25, -0.2) is 0 Å². The highest BCUT2D eigenvalue weighted by atomic mass is 16.2. The molecule has 2 fully saturated rings. The summed E-state index contributed by atoms with van der Waals surface area (Å²) in [5.41, 5.74) is 0. The van der Waals surface area contributed by atoms with Crippen molar-refractivity contribution in [2.45, 2.75) is 12.8 Å². The molecule has 0 aromatic rings. The summed E-state index contributed by atoms with van der Waals surface area (Å²) in [7, 11) is 0. The van der Waals surface area contributed by atoms with Crippen molar-refractivity contribution in [3.8, 4) is 0 Å². The van der Waals surface area contributed by atoms with E-state index in [0.29, 0.717) is 6.54 Å². The summed E-state index contributed by atoms with van der Waals surface area (Å²) < 4.78 is 0. The minimum absolute atomic E-state index is 0.181. The maximum atomic E-state index is 11.1. The molecule has 80 valence electrons. The van der Waals surface area contributed by atoms with E-state index in [1.54, 1.807) is 0 Å². The largest absolute Gasteiger partial charge is 0.354 e.